The van der Waals surface area contributed by atoms with Crippen molar-refractivity contribution in [1.82, 2.24) is 40.7 Å². The molecule has 2 aromatic heterocycles. The van der Waals surface area contributed by atoms with Crippen molar-refractivity contribution >= 4 is 101 Å². The molecule has 2 heterocycles. The molecule has 5 aromatic carbocycles. The number of nitrogens with one attached hydrogen (secondary N) is 10. The highest BCUT2D eigenvalue weighted by molar-refractivity contribution is 7.90. The number of benzene rings is 5. The number of ether oxygens (including phenoxy) is 1. The largest absolute Gasteiger partial charge is 0.489 e. The van der Waals surface area contributed by atoms with Crippen molar-refractivity contribution in [3.05, 3.63) is 172 Å². The number of aliphatic carboxylic acids is 1. The van der Waals surface area contributed by atoms with Gasteiger partial charge in [-0.15, -0.1) is 0 Å². The van der Waals surface area contributed by atoms with Crippen molar-refractivity contribution in [3.8, 4) is 5.75 Å². The number of primary amides is 2. The van der Waals surface area contributed by atoms with Gasteiger partial charge in [-0.25, -0.2) is 31.1 Å². The van der Waals surface area contributed by atoms with E-state index in [2.05, 4.69) is 40.7 Å². The zero-order valence-electron chi connectivity index (χ0n) is 49.0. The van der Waals surface area contributed by atoms with Gasteiger partial charge in [-0.05, 0) is 96.8 Å². The average Bonchev–Trinajstić information content (AvgIpc) is 3.08. The minimum atomic E-state index is -4.44. The van der Waals surface area contributed by atoms with E-state index < -0.39 is 97.3 Å². The number of nitrogen functional groups attached to an aromatic ring is 2. The number of fused-ring (bicyclic) bond motifs is 2. The molecule has 0 saturated carbocycles. The van der Waals surface area contributed by atoms with Gasteiger partial charge in [0.25, 0.3) is 0 Å². The normalized spacial score (nSPS) is 12.6. The van der Waals surface area contributed by atoms with Gasteiger partial charge in [0.1, 0.15) is 48.2 Å². The molecule has 31 heteroatoms. The number of nitrogens with two attached hydrogens (primary N) is 4. The van der Waals surface area contributed by atoms with Crippen LogP contribution < -0.4 is 58.4 Å². The summed E-state index contributed by atoms with van der Waals surface area (Å²) in [6.45, 7) is 1.62. The summed E-state index contributed by atoms with van der Waals surface area (Å²) in [7, 11) is -8.34. The fraction of sp³-hybridized carbons (Fsp3) is 0.267. The Balaban J connectivity index is 0.000000295. The smallest absolute Gasteiger partial charge is 0.335 e. The topological polar surface area (TPSA) is 510 Å². The Morgan fingerprint density at radius 3 is 1.49 bits per heavy atom. The first-order valence-electron chi connectivity index (χ1n) is 28.0. The first-order valence-corrected chi connectivity index (χ1v) is 31.3. The highest BCUT2D eigenvalue weighted by Crippen LogP contribution is 2.26. The van der Waals surface area contributed by atoms with E-state index in [9.17, 15) is 60.3 Å². The first-order chi connectivity index (χ1) is 43.1. The highest BCUT2D eigenvalue weighted by Gasteiger charge is 2.32. The molecular formula is C60H70N14O15S2. The van der Waals surface area contributed by atoms with E-state index in [0.29, 0.717) is 55.6 Å². The van der Waals surface area contributed by atoms with Crippen LogP contribution in [-0.4, -0.2) is 132 Å². The summed E-state index contributed by atoms with van der Waals surface area (Å²) >= 11 is 0. The molecule has 7 aromatic rings. The van der Waals surface area contributed by atoms with Gasteiger partial charge >= 0.3 is 11.9 Å². The molecule has 0 saturated heterocycles. The number of hydrogen-bond acceptors (Lipinski definition) is 15. The van der Waals surface area contributed by atoms with E-state index in [1.165, 1.54) is 19.1 Å². The third-order valence-electron chi connectivity index (χ3n) is 13.9. The molecule has 91 heavy (non-hydrogen) atoms. The number of carbonyl (C=O) groups is 8. The molecule has 7 rings (SSSR count). The van der Waals surface area contributed by atoms with Gasteiger partial charge in [-0.1, -0.05) is 78.9 Å². The number of amides is 6. The van der Waals surface area contributed by atoms with Gasteiger partial charge in [0.05, 0.1) is 11.3 Å². The standard InChI is InChI=1S/C34H39N7O8S.C26H31N7O7S/c1-2-50(47,48)41-29(33(44)40-28(12-13-30(35)42)32(43)39-17-20-6-8-22(9-7-20)31(36)37)15-24-18-38-27-11-10-25(16-26(24)27)49-19-21-4-3-5-23(14-21)34(45)46;27-22(34)10-9-20(25(37)31-12-15-5-7-16(8-6-15)24(28)29)32-26(38)21(33-41(39,40)14-23(35)36)11-17-13-30-19-4-2-1-3-18(17)19/h3-11,14,16,18,28-29,38,41H,2,12-13,15,17,19H2,1H3,(H2,35,42)(H3,36,37)(H,39,43)(H,40,44)(H,45,46);1-8,13,20-21,30,33H,9-12,14H2,(H2,27,34)(H3,28,29)(H,31,37)(H,32,38)(H,35,36). The second kappa shape index (κ2) is 32.1. The lowest BCUT2D eigenvalue weighted by atomic mass is 10.0. The lowest BCUT2D eigenvalue weighted by Gasteiger charge is -2.23. The quantitative estimate of drug-likeness (QED) is 0.0202. The summed E-state index contributed by atoms with van der Waals surface area (Å²) in [6.07, 6.45) is 2.20. The summed E-state index contributed by atoms with van der Waals surface area (Å²) in [5.74, 6) is -8.38. The number of sulfonamides is 2. The molecule has 0 aliphatic heterocycles. The Morgan fingerprint density at radius 1 is 0.538 bits per heavy atom. The van der Waals surface area contributed by atoms with Gasteiger partial charge < -0.3 is 69.1 Å². The van der Waals surface area contributed by atoms with Crippen LogP contribution in [-0.2, 0) is 86.1 Å². The van der Waals surface area contributed by atoms with Crippen LogP contribution in [0.25, 0.3) is 21.8 Å². The summed E-state index contributed by atoms with van der Waals surface area (Å²) < 4.78 is 60.8. The molecule has 0 bridgehead atoms. The van der Waals surface area contributed by atoms with Gasteiger partial charge in [-0.3, -0.25) is 44.4 Å². The van der Waals surface area contributed by atoms with Crippen LogP contribution >= 0.6 is 0 Å². The maximum absolute atomic E-state index is 13.7. The highest BCUT2D eigenvalue weighted by atomic mass is 32.2. The van der Waals surface area contributed by atoms with Gasteiger partial charge in [-0.2, -0.15) is 0 Å². The van der Waals surface area contributed by atoms with Crippen molar-refractivity contribution in [2.75, 3.05) is 11.5 Å². The number of carboxylic acid groups (broad SMARTS) is 2. The van der Waals surface area contributed by atoms with Gasteiger partial charge in [0.15, 0.2) is 5.75 Å². The third kappa shape index (κ3) is 21.7. The van der Waals surface area contributed by atoms with Crippen LogP contribution in [0.3, 0.4) is 0 Å². The molecule has 0 spiro atoms. The van der Waals surface area contributed by atoms with Crippen LogP contribution in [0.15, 0.2) is 128 Å². The summed E-state index contributed by atoms with van der Waals surface area (Å²) in [5.41, 5.74) is 27.2. The number of amidine groups is 2. The van der Waals surface area contributed by atoms with Crippen LogP contribution in [0.5, 0.6) is 5.75 Å². The van der Waals surface area contributed by atoms with Gasteiger partial charge in [0.2, 0.25) is 55.5 Å². The van der Waals surface area contributed by atoms with Crippen molar-refractivity contribution in [2.24, 2.45) is 22.9 Å². The molecule has 4 unspecified atom stereocenters. The second-order valence-corrected chi connectivity index (χ2v) is 24.6. The van der Waals surface area contributed by atoms with E-state index in [1.54, 1.807) is 116 Å². The number of aromatic carboxylic acids is 1. The lowest BCUT2D eigenvalue weighted by molar-refractivity contribution is -0.134. The average molecular weight is 1290 g/mol. The minimum Gasteiger partial charge on any atom is -0.489 e. The first kappa shape index (κ1) is 69.6. The zero-order valence-corrected chi connectivity index (χ0v) is 50.7. The number of H-pyrrole nitrogens is 2. The number of para-hydroxylation sites is 1. The molecule has 0 radical (unpaired) electrons. The molecular weight excluding hydrogens is 1220 g/mol. The summed E-state index contributed by atoms with van der Waals surface area (Å²) in [6, 6.07) is 26.5. The summed E-state index contributed by atoms with van der Waals surface area (Å²) in [5, 5.41) is 45.0. The van der Waals surface area contributed by atoms with Crippen LogP contribution in [0, 0.1) is 10.8 Å². The summed E-state index contributed by atoms with van der Waals surface area (Å²) in [4.78, 5) is 105. The lowest BCUT2D eigenvalue weighted by Crippen LogP contribution is -2.55. The van der Waals surface area contributed by atoms with Crippen LogP contribution in [0.2, 0.25) is 0 Å². The maximum atomic E-state index is 13.7. The Morgan fingerprint density at radius 2 is 1.02 bits per heavy atom. The number of aromatic amines is 2. The Hall–Kier alpha value is -10.5. The SMILES string of the molecule is CCS(=O)(=O)NC(Cc1c[nH]c2ccc(OCc3cccc(C(=O)O)c3)cc12)C(=O)NC(CCC(N)=O)C(=O)NCc1ccc(C(=N)N)cc1.N=C(N)c1ccc(CNC(=O)C(CCC(N)=O)NC(=O)C(Cc2c[nH]c3ccccc23)NS(=O)(=O)CC(=O)O)cc1. The number of hydrogen-bond donors (Lipinski definition) is 16. The van der Waals surface area contributed by atoms with E-state index in [-0.39, 0.29) is 81.2 Å². The number of carboxylic acids is 2. The molecule has 4 atom stereocenters. The molecule has 0 fully saturated rings. The predicted octanol–water partition coefficient (Wildman–Crippen LogP) is 1.08. The van der Waals surface area contributed by atoms with Crippen LogP contribution in [0.4, 0.5) is 0 Å². The Bertz CT molecular complexity index is 4060. The zero-order chi connectivity index (χ0) is 66.6. The minimum absolute atomic E-state index is 0.0456. The third-order valence-corrected chi connectivity index (χ3v) is 16.6. The van der Waals surface area contributed by atoms with Crippen molar-refractivity contribution in [2.45, 2.75) is 89.3 Å². The van der Waals surface area contributed by atoms with E-state index in [0.717, 1.165) is 10.9 Å². The molecule has 6 amide bonds. The van der Waals surface area contributed by atoms with E-state index in [4.69, 9.17) is 43.6 Å². The number of aromatic nitrogens is 2. The monoisotopic (exact) mass is 1290 g/mol. The molecule has 20 N–H and O–H groups in total. The molecule has 29 nitrogen and oxygen atoms in total. The van der Waals surface area contributed by atoms with Gasteiger partial charge in [0, 0.05) is 71.3 Å². The Labute approximate surface area is 521 Å². The number of rotatable bonds is 33. The maximum Gasteiger partial charge on any atom is 0.335 e. The van der Waals surface area contributed by atoms with E-state index in [1.807, 2.05) is 0 Å². The Kier molecular flexibility index (Phi) is 24.6. The number of carbonyl (C=O) groups excluding carboxylic acids is 6. The second-order valence-electron chi connectivity index (χ2n) is 20.8. The van der Waals surface area contributed by atoms with Crippen molar-refractivity contribution in [3.63, 3.8) is 0 Å². The predicted molar refractivity (Wildman–Crippen MR) is 336 cm³/mol. The fourth-order valence-electron chi connectivity index (χ4n) is 9.10. The fourth-order valence-corrected chi connectivity index (χ4v) is 10.9. The molecule has 0 aliphatic carbocycles. The molecule has 0 aliphatic rings. The van der Waals surface area contributed by atoms with E-state index >= 15 is 0 Å². The van der Waals surface area contributed by atoms with Crippen molar-refractivity contribution < 1.29 is 70.1 Å². The van der Waals surface area contributed by atoms with Crippen molar-refractivity contribution in [1.29, 1.82) is 10.8 Å². The molecule has 482 valence electrons. The van der Waals surface area contributed by atoms with Crippen LogP contribution in [0.1, 0.15) is 81.9 Å².